The lowest BCUT2D eigenvalue weighted by Crippen LogP contribution is -2.32. The first kappa shape index (κ1) is 14.1. The van der Waals surface area contributed by atoms with Crippen molar-refractivity contribution < 1.29 is 4.79 Å². The van der Waals surface area contributed by atoms with Gasteiger partial charge in [0.1, 0.15) is 0 Å². The second kappa shape index (κ2) is 6.71. The van der Waals surface area contributed by atoms with Gasteiger partial charge in [0.05, 0.1) is 0 Å². The fourth-order valence-electron chi connectivity index (χ4n) is 2.18. The Labute approximate surface area is 122 Å². The average Bonchev–Trinajstić information content (AvgIpc) is 2.44. The molecule has 19 heavy (non-hydrogen) atoms. The molecule has 0 fully saturated rings. The van der Waals surface area contributed by atoms with Gasteiger partial charge in [-0.1, -0.05) is 52.3 Å². The summed E-state index contributed by atoms with van der Waals surface area (Å²) in [5, 5.41) is 6.15. The Balaban J connectivity index is 2.17. The second-order valence-electron chi connectivity index (χ2n) is 4.73. The number of hydrogen-bond acceptors (Lipinski definition) is 1. The molecular weight excluding hydrogens is 302 g/mol. The van der Waals surface area contributed by atoms with Gasteiger partial charge in [0.25, 0.3) is 5.91 Å². The lowest BCUT2D eigenvalue weighted by molar-refractivity contribution is 0.0940. The van der Waals surface area contributed by atoms with Crippen LogP contribution in [0, 0.1) is 0 Å². The molecule has 1 unspecified atom stereocenters. The molecule has 100 valence electrons. The molecule has 0 radical (unpaired) electrons. The number of carbonyl (C=O) groups is 1. The number of nitrogens with one attached hydrogen (secondary N) is 1. The van der Waals surface area contributed by atoms with Crippen LogP contribution in [0.4, 0.5) is 0 Å². The zero-order chi connectivity index (χ0) is 13.7. The van der Waals surface area contributed by atoms with Crippen molar-refractivity contribution in [1.29, 1.82) is 0 Å². The van der Waals surface area contributed by atoms with Crippen molar-refractivity contribution in [3.8, 4) is 0 Å². The van der Waals surface area contributed by atoms with Crippen LogP contribution in [0.3, 0.4) is 0 Å². The molecule has 0 saturated carbocycles. The van der Waals surface area contributed by atoms with E-state index in [2.05, 4.69) is 21.2 Å². The summed E-state index contributed by atoms with van der Waals surface area (Å²) < 4.78 is 0. The summed E-state index contributed by atoms with van der Waals surface area (Å²) in [6.45, 7) is 2.05. The van der Waals surface area contributed by atoms with Crippen molar-refractivity contribution in [3.05, 3.63) is 48.0 Å². The first-order chi connectivity index (χ1) is 9.22. The largest absolute Gasteiger partial charge is 0.350 e. The van der Waals surface area contributed by atoms with Crippen LogP contribution in [0.1, 0.15) is 30.1 Å². The minimum atomic E-state index is 0.0128. The molecule has 0 saturated heterocycles. The smallest absolute Gasteiger partial charge is 0.252 e. The molecule has 1 amide bonds. The second-order valence-corrected chi connectivity index (χ2v) is 5.53. The summed E-state index contributed by atoms with van der Waals surface area (Å²) >= 11 is 3.41. The van der Waals surface area contributed by atoms with Crippen LogP contribution in [-0.4, -0.2) is 17.3 Å². The molecule has 0 spiro atoms. The summed E-state index contributed by atoms with van der Waals surface area (Å²) in [5.41, 5.74) is 0.754. The van der Waals surface area contributed by atoms with Crippen LogP contribution in [0.2, 0.25) is 0 Å². The molecule has 0 aromatic heterocycles. The highest BCUT2D eigenvalue weighted by atomic mass is 79.9. The van der Waals surface area contributed by atoms with Crippen LogP contribution in [0.25, 0.3) is 10.8 Å². The first-order valence-electron chi connectivity index (χ1n) is 6.57. The molecule has 0 bridgehead atoms. The minimum Gasteiger partial charge on any atom is -0.350 e. The van der Waals surface area contributed by atoms with E-state index in [9.17, 15) is 4.79 Å². The molecule has 0 aliphatic carbocycles. The van der Waals surface area contributed by atoms with E-state index in [0.29, 0.717) is 0 Å². The van der Waals surface area contributed by atoms with Crippen LogP contribution < -0.4 is 5.32 Å². The van der Waals surface area contributed by atoms with Crippen molar-refractivity contribution in [2.24, 2.45) is 0 Å². The SMILES string of the molecule is CC(CCCBr)NC(=O)c1cccc2ccccc12. The van der Waals surface area contributed by atoms with Gasteiger partial charge in [-0.25, -0.2) is 0 Å². The molecule has 2 aromatic rings. The van der Waals surface area contributed by atoms with Gasteiger partial charge in [-0.15, -0.1) is 0 Å². The number of rotatable bonds is 5. The van der Waals surface area contributed by atoms with Crippen LogP contribution in [0.5, 0.6) is 0 Å². The van der Waals surface area contributed by atoms with Gasteiger partial charge < -0.3 is 5.32 Å². The van der Waals surface area contributed by atoms with Crippen molar-refractivity contribution >= 4 is 32.6 Å². The average molecular weight is 320 g/mol. The predicted octanol–water partition coefficient (Wildman–Crippen LogP) is 4.13. The van der Waals surface area contributed by atoms with E-state index in [0.717, 1.165) is 34.5 Å². The normalized spacial score (nSPS) is 12.3. The van der Waals surface area contributed by atoms with Crippen LogP contribution >= 0.6 is 15.9 Å². The van der Waals surface area contributed by atoms with Crippen molar-refractivity contribution in [1.82, 2.24) is 5.32 Å². The predicted molar refractivity (Wildman–Crippen MR) is 83.9 cm³/mol. The highest BCUT2D eigenvalue weighted by molar-refractivity contribution is 9.09. The fraction of sp³-hybridized carbons (Fsp3) is 0.312. The molecule has 2 rings (SSSR count). The number of benzene rings is 2. The molecule has 2 nitrogen and oxygen atoms in total. The maximum absolute atomic E-state index is 12.3. The van der Waals surface area contributed by atoms with Crippen molar-refractivity contribution in [2.75, 3.05) is 5.33 Å². The van der Waals surface area contributed by atoms with Gasteiger partial charge in [-0.2, -0.15) is 0 Å². The Morgan fingerprint density at radius 1 is 1.21 bits per heavy atom. The van der Waals surface area contributed by atoms with E-state index in [4.69, 9.17) is 0 Å². The lowest BCUT2D eigenvalue weighted by atomic mass is 10.0. The molecule has 1 N–H and O–H groups in total. The van der Waals surface area contributed by atoms with Gasteiger partial charge in [0.2, 0.25) is 0 Å². The number of carbonyl (C=O) groups excluding carboxylic acids is 1. The Morgan fingerprint density at radius 2 is 1.95 bits per heavy atom. The summed E-state index contributed by atoms with van der Waals surface area (Å²) in [4.78, 5) is 12.3. The highest BCUT2D eigenvalue weighted by Gasteiger charge is 2.11. The lowest BCUT2D eigenvalue weighted by Gasteiger charge is -2.14. The fourth-order valence-corrected chi connectivity index (χ4v) is 2.50. The summed E-state index contributed by atoms with van der Waals surface area (Å²) in [7, 11) is 0. The van der Waals surface area contributed by atoms with Gasteiger partial charge in [0.15, 0.2) is 0 Å². The zero-order valence-corrected chi connectivity index (χ0v) is 12.6. The van der Waals surface area contributed by atoms with E-state index in [1.54, 1.807) is 0 Å². The van der Waals surface area contributed by atoms with Gasteiger partial charge in [-0.3, -0.25) is 4.79 Å². The van der Waals surface area contributed by atoms with Crippen LogP contribution in [0.15, 0.2) is 42.5 Å². The third kappa shape index (κ3) is 3.57. The highest BCUT2D eigenvalue weighted by Crippen LogP contribution is 2.18. The van der Waals surface area contributed by atoms with Crippen molar-refractivity contribution in [3.63, 3.8) is 0 Å². The first-order valence-corrected chi connectivity index (χ1v) is 7.69. The number of halogens is 1. The summed E-state index contributed by atoms with van der Waals surface area (Å²) in [6.07, 6.45) is 2.05. The Kier molecular flexibility index (Phi) is 4.97. The number of amides is 1. The molecule has 0 aliphatic rings. The van der Waals surface area contributed by atoms with Gasteiger partial charge >= 0.3 is 0 Å². The maximum atomic E-state index is 12.3. The van der Waals surface area contributed by atoms with E-state index in [1.807, 2.05) is 49.4 Å². The monoisotopic (exact) mass is 319 g/mol. The number of alkyl halides is 1. The Morgan fingerprint density at radius 3 is 2.74 bits per heavy atom. The molecule has 0 aliphatic heterocycles. The summed E-state index contributed by atoms with van der Waals surface area (Å²) in [5.74, 6) is 0.0128. The standard InChI is InChI=1S/C16H18BrNO/c1-12(6-5-11-17)18-16(19)15-10-4-8-13-7-2-3-9-14(13)15/h2-4,7-10,12H,5-6,11H2,1H3,(H,18,19). The number of hydrogen-bond donors (Lipinski definition) is 1. The molecule has 0 heterocycles. The van der Waals surface area contributed by atoms with Crippen LogP contribution in [-0.2, 0) is 0 Å². The molecular formula is C16H18BrNO. The Hall–Kier alpha value is -1.35. The topological polar surface area (TPSA) is 29.1 Å². The van der Waals surface area contributed by atoms with Crippen molar-refractivity contribution in [2.45, 2.75) is 25.8 Å². The van der Waals surface area contributed by atoms with E-state index in [1.165, 1.54) is 0 Å². The third-order valence-corrected chi connectivity index (χ3v) is 3.74. The van der Waals surface area contributed by atoms with Gasteiger partial charge in [0, 0.05) is 16.9 Å². The summed E-state index contributed by atoms with van der Waals surface area (Å²) in [6, 6.07) is 14.0. The minimum absolute atomic E-state index is 0.0128. The van der Waals surface area contributed by atoms with E-state index < -0.39 is 0 Å². The van der Waals surface area contributed by atoms with Gasteiger partial charge in [-0.05, 0) is 36.6 Å². The molecule has 3 heteroatoms. The van der Waals surface area contributed by atoms with E-state index in [-0.39, 0.29) is 11.9 Å². The molecule has 2 aromatic carbocycles. The quantitative estimate of drug-likeness (QED) is 0.825. The zero-order valence-electron chi connectivity index (χ0n) is 11.0. The van der Waals surface area contributed by atoms with E-state index >= 15 is 0 Å². The third-order valence-electron chi connectivity index (χ3n) is 3.18. The number of fused-ring (bicyclic) bond motifs is 1. The Bertz CT molecular complexity index is 562. The molecule has 1 atom stereocenters. The maximum Gasteiger partial charge on any atom is 0.252 e.